The van der Waals surface area contributed by atoms with E-state index in [2.05, 4.69) is 5.32 Å². The standard InChI is InChI=1S/C9H19NO3.2ClH/c1-9(2,3)13-8(12)10-6-4-5-7-11;;/h11H,4-7H2,1-3H3,(H,10,12);2*1H. The van der Waals surface area contributed by atoms with Crippen molar-refractivity contribution in [3.05, 3.63) is 0 Å². The predicted octanol–water partition coefficient (Wildman–Crippen LogP) is 2.13. The van der Waals surface area contributed by atoms with Crippen molar-refractivity contribution in [1.29, 1.82) is 0 Å². The Kier molecular flexibility index (Phi) is 13.9. The van der Waals surface area contributed by atoms with Crippen molar-refractivity contribution in [2.24, 2.45) is 0 Å². The molecule has 0 aromatic carbocycles. The number of ether oxygens (including phenoxy) is 1. The van der Waals surface area contributed by atoms with Crippen molar-refractivity contribution in [3.63, 3.8) is 0 Å². The van der Waals surface area contributed by atoms with Crippen molar-refractivity contribution in [3.8, 4) is 0 Å². The van der Waals surface area contributed by atoms with E-state index in [9.17, 15) is 4.79 Å². The lowest BCUT2D eigenvalue weighted by Crippen LogP contribution is -2.33. The quantitative estimate of drug-likeness (QED) is 0.763. The van der Waals surface area contributed by atoms with Gasteiger partial charge in [0.05, 0.1) is 0 Å². The van der Waals surface area contributed by atoms with Gasteiger partial charge in [0.1, 0.15) is 5.60 Å². The maximum absolute atomic E-state index is 11.0. The third-order valence-electron chi connectivity index (χ3n) is 1.25. The third kappa shape index (κ3) is 16.5. The molecule has 1 amide bonds. The minimum Gasteiger partial charge on any atom is -0.444 e. The van der Waals surface area contributed by atoms with E-state index in [1.165, 1.54) is 0 Å². The molecule has 0 aliphatic heterocycles. The van der Waals surface area contributed by atoms with Gasteiger partial charge in [0, 0.05) is 13.2 Å². The highest BCUT2D eigenvalue weighted by atomic mass is 35.5. The van der Waals surface area contributed by atoms with Crippen LogP contribution in [0.2, 0.25) is 0 Å². The number of rotatable bonds is 4. The maximum atomic E-state index is 11.0. The summed E-state index contributed by atoms with van der Waals surface area (Å²) in [6.45, 7) is 6.17. The summed E-state index contributed by atoms with van der Waals surface area (Å²) in [5.41, 5.74) is -0.443. The van der Waals surface area contributed by atoms with Gasteiger partial charge >= 0.3 is 6.09 Å². The van der Waals surface area contributed by atoms with Crippen molar-refractivity contribution >= 4 is 30.9 Å². The molecular formula is C9H21Cl2NO3. The van der Waals surface area contributed by atoms with Gasteiger partial charge < -0.3 is 15.2 Å². The van der Waals surface area contributed by atoms with E-state index < -0.39 is 11.7 Å². The Morgan fingerprint density at radius 2 is 1.80 bits per heavy atom. The normalized spacial score (nSPS) is 9.60. The summed E-state index contributed by atoms with van der Waals surface area (Å²) >= 11 is 0. The van der Waals surface area contributed by atoms with Gasteiger partial charge in [-0.05, 0) is 33.6 Å². The highest BCUT2D eigenvalue weighted by Crippen LogP contribution is 2.06. The Hall–Kier alpha value is -0.190. The van der Waals surface area contributed by atoms with Gasteiger partial charge in [-0.2, -0.15) is 0 Å². The number of hydrogen-bond donors (Lipinski definition) is 2. The highest BCUT2D eigenvalue weighted by molar-refractivity contribution is 5.85. The van der Waals surface area contributed by atoms with E-state index in [-0.39, 0.29) is 31.4 Å². The number of carbonyl (C=O) groups excluding carboxylic acids is 1. The Morgan fingerprint density at radius 3 is 2.20 bits per heavy atom. The molecule has 0 aromatic heterocycles. The number of halogens is 2. The first kappa shape index (κ1) is 20.3. The Bertz CT molecular complexity index is 160. The molecule has 0 aliphatic carbocycles. The van der Waals surface area contributed by atoms with Crippen LogP contribution in [-0.4, -0.2) is 30.0 Å². The predicted molar refractivity (Wildman–Crippen MR) is 65.1 cm³/mol. The SMILES string of the molecule is CC(C)(C)OC(=O)NCCCCO.Cl.Cl. The zero-order chi connectivity index (χ0) is 10.3. The number of aliphatic hydroxyl groups excluding tert-OH is 1. The van der Waals surface area contributed by atoms with Crippen LogP contribution in [0.3, 0.4) is 0 Å². The number of amides is 1. The van der Waals surface area contributed by atoms with Crippen LogP contribution in [-0.2, 0) is 4.74 Å². The molecule has 0 aromatic rings. The molecule has 0 radical (unpaired) electrons. The first-order valence-corrected chi connectivity index (χ1v) is 4.53. The Morgan fingerprint density at radius 1 is 1.27 bits per heavy atom. The van der Waals surface area contributed by atoms with Gasteiger partial charge in [-0.25, -0.2) is 4.79 Å². The average Bonchev–Trinajstić information content (AvgIpc) is 1.94. The largest absolute Gasteiger partial charge is 0.444 e. The van der Waals surface area contributed by atoms with Gasteiger partial charge in [0.15, 0.2) is 0 Å². The van der Waals surface area contributed by atoms with Crippen LogP contribution in [0, 0.1) is 0 Å². The molecular weight excluding hydrogens is 241 g/mol. The molecule has 0 aliphatic rings. The summed E-state index contributed by atoms with van der Waals surface area (Å²) in [6, 6.07) is 0. The minimum absolute atomic E-state index is 0. The molecule has 6 heteroatoms. The number of carbonyl (C=O) groups is 1. The fourth-order valence-electron chi connectivity index (χ4n) is 0.741. The molecule has 0 saturated heterocycles. The molecule has 0 rings (SSSR count). The molecule has 0 bridgehead atoms. The van der Waals surface area contributed by atoms with E-state index in [4.69, 9.17) is 9.84 Å². The molecule has 94 valence electrons. The van der Waals surface area contributed by atoms with Crippen molar-refractivity contribution < 1.29 is 14.6 Å². The van der Waals surface area contributed by atoms with Gasteiger partial charge in [0.2, 0.25) is 0 Å². The molecule has 0 heterocycles. The van der Waals surface area contributed by atoms with Gasteiger partial charge in [-0.3, -0.25) is 0 Å². The second-order valence-electron chi connectivity index (χ2n) is 3.86. The first-order valence-electron chi connectivity index (χ1n) is 4.53. The molecule has 0 atom stereocenters. The lowest BCUT2D eigenvalue weighted by Gasteiger charge is -2.19. The van der Waals surface area contributed by atoms with Crippen LogP contribution in [0.25, 0.3) is 0 Å². The molecule has 4 nitrogen and oxygen atoms in total. The molecule has 0 fully saturated rings. The van der Waals surface area contributed by atoms with Crippen molar-refractivity contribution in [2.45, 2.75) is 39.2 Å². The number of unbranched alkanes of at least 4 members (excludes halogenated alkanes) is 1. The van der Waals surface area contributed by atoms with Crippen LogP contribution >= 0.6 is 24.8 Å². The minimum atomic E-state index is -0.443. The molecule has 0 unspecified atom stereocenters. The monoisotopic (exact) mass is 261 g/mol. The third-order valence-corrected chi connectivity index (χ3v) is 1.25. The summed E-state index contributed by atoms with van der Waals surface area (Å²) in [4.78, 5) is 11.0. The Balaban J connectivity index is -0.000000720. The summed E-state index contributed by atoms with van der Waals surface area (Å²) < 4.78 is 5.01. The zero-order valence-electron chi connectivity index (χ0n) is 9.41. The maximum Gasteiger partial charge on any atom is 0.407 e. The van der Waals surface area contributed by atoms with Crippen molar-refractivity contribution in [2.75, 3.05) is 13.2 Å². The summed E-state index contributed by atoms with van der Waals surface area (Å²) in [7, 11) is 0. The van der Waals surface area contributed by atoms with Gasteiger partial charge in [-0.1, -0.05) is 0 Å². The lowest BCUT2D eigenvalue weighted by atomic mass is 10.2. The topological polar surface area (TPSA) is 58.6 Å². The van der Waals surface area contributed by atoms with E-state index in [1.807, 2.05) is 20.8 Å². The second-order valence-corrected chi connectivity index (χ2v) is 3.86. The molecule has 0 saturated carbocycles. The summed E-state index contributed by atoms with van der Waals surface area (Å²) in [6.07, 6.45) is 1.08. The lowest BCUT2D eigenvalue weighted by molar-refractivity contribution is 0.0526. The number of alkyl carbamates (subject to hydrolysis) is 1. The zero-order valence-corrected chi connectivity index (χ0v) is 11.0. The Labute approximate surface area is 104 Å². The highest BCUT2D eigenvalue weighted by Gasteiger charge is 2.15. The average molecular weight is 262 g/mol. The first-order chi connectivity index (χ1) is 5.95. The summed E-state index contributed by atoms with van der Waals surface area (Å²) in [5.74, 6) is 0. The van der Waals surface area contributed by atoms with Crippen LogP contribution in [0.1, 0.15) is 33.6 Å². The second kappa shape index (κ2) is 10.3. The van der Waals surface area contributed by atoms with E-state index in [0.29, 0.717) is 13.0 Å². The fourth-order valence-corrected chi connectivity index (χ4v) is 0.741. The number of nitrogens with one attached hydrogen (secondary N) is 1. The van der Waals surface area contributed by atoms with Crippen molar-refractivity contribution in [1.82, 2.24) is 5.32 Å². The fraction of sp³-hybridized carbons (Fsp3) is 0.889. The van der Waals surface area contributed by atoms with Crippen LogP contribution < -0.4 is 5.32 Å². The van der Waals surface area contributed by atoms with E-state index >= 15 is 0 Å². The van der Waals surface area contributed by atoms with E-state index in [0.717, 1.165) is 6.42 Å². The van der Waals surface area contributed by atoms with Crippen LogP contribution in [0.5, 0.6) is 0 Å². The smallest absolute Gasteiger partial charge is 0.407 e. The van der Waals surface area contributed by atoms with E-state index in [1.54, 1.807) is 0 Å². The molecule has 15 heavy (non-hydrogen) atoms. The van der Waals surface area contributed by atoms with Gasteiger partial charge in [-0.15, -0.1) is 24.8 Å². The summed E-state index contributed by atoms with van der Waals surface area (Å²) in [5, 5.41) is 11.1. The van der Waals surface area contributed by atoms with Crippen LogP contribution in [0.4, 0.5) is 4.79 Å². The molecule has 2 N–H and O–H groups in total. The number of hydrogen-bond acceptors (Lipinski definition) is 3. The molecule has 0 spiro atoms. The van der Waals surface area contributed by atoms with Crippen LogP contribution in [0.15, 0.2) is 0 Å². The number of aliphatic hydroxyl groups is 1. The van der Waals surface area contributed by atoms with Gasteiger partial charge in [0.25, 0.3) is 0 Å².